The van der Waals surface area contributed by atoms with Gasteiger partial charge in [0, 0.05) is 24.1 Å². The maximum atomic E-state index is 13.6. The number of benzene rings is 1. The first-order valence-corrected chi connectivity index (χ1v) is 12.6. The van der Waals surface area contributed by atoms with Crippen molar-refractivity contribution in [1.29, 1.82) is 0 Å². The van der Waals surface area contributed by atoms with Gasteiger partial charge in [-0.15, -0.1) is 0 Å². The minimum Gasteiger partial charge on any atom is -0.458 e. The number of hydrogen-bond donors (Lipinski definition) is 1. The summed E-state index contributed by atoms with van der Waals surface area (Å²) in [6.45, 7) is 5.66. The molecule has 0 radical (unpaired) electrons. The highest BCUT2D eigenvalue weighted by atomic mass is 32.2. The molecule has 10 heteroatoms. The standard InChI is InChI=1S/C23H28FN3O5S/c1-5-27(33(4,30)31)23-25-21(14(2)3)19(11-10-18-12-17(28)13-20(29)32-18)22(26-23)15-6-8-16(24)9-7-15/h6-11,14,17-18,28H,5,12-13H2,1-4H3/b11-10+/t17-,18-/m1/s1. The van der Waals surface area contributed by atoms with E-state index >= 15 is 0 Å². The van der Waals surface area contributed by atoms with Crippen LogP contribution in [-0.2, 0) is 19.6 Å². The van der Waals surface area contributed by atoms with Crippen LogP contribution in [0.5, 0.6) is 0 Å². The summed E-state index contributed by atoms with van der Waals surface area (Å²) in [6, 6.07) is 5.72. The van der Waals surface area contributed by atoms with Crippen LogP contribution in [0.15, 0.2) is 30.3 Å². The molecule has 2 atom stereocenters. The molecule has 3 rings (SSSR count). The first-order valence-electron chi connectivity index (χ1n) is 10.7. The van der Waals surface area contributed by atoms with Gasteiger partial charge in [-0.3, -0.25) is 4.79 Å². The lowest BCUT2D eigenvalue weighted by atomic mass is 9.97. The van der Waals surface area contributed by atoms with Crippen LogP contribution in [0.3, 0.4) is 0 Å². The molecule has 0 unspecified atom stereocenters. The molecular weight excluding hydrogens is 449 g/mol. The highest BCUT2D eigenvalue weighted by Gasteiger charge is 2.27. The van der Waals surface area contributed by atoms with E-state index in [1.54, 1.807) is 31.2 Å². The van der Waals surface area contributed by atoms with Crippen LogP contribution in [-0.4, -0.2) is 54.5 Å². The molecule has 0 amide bonds. The molecule has 2 aromatic rings. The van der Waals surface area contributed by atoms with E-state index in [0.29, 0.717) is 22.5 Å². The molecule has 0 aliphatic carbocycles. The zero-order valence-electron chi connectivity index (χ0n) is 19.0. The topological polar surface area (TPSA) is 110 Å². The number of sulfonamides is 1. The van der Waals surface area contributed by atoms with Crippen molar-refractivity contribution in [2.75, 3.05) is 17.1 Å². The Balaban J connectivity index is 2.20. The summed E-state index contributed by atoms with van der Waals surface area (Å²) >= 11 is 0. The molecule has 33 heavy (non-hydrogen) atoms. The van der Waals surface area contributed by atoms with E-state index in [1.807, 2.05) is 13.8 Å². The normalized spacial score (nSPS) is 19.2. The molecule has 0 spiro atoms. The number of rotatable bonds is 7. The van der Waals surface area contributed by atoms with Crippen LogP contribution >= 0.6 is 0 Å². The monoisotopic (exact) mass is 477 g/mol. The van der Waals surface area contributed by atoms with Gasteiger partial charge in [0.15, 0.2) is 0 Å². The predicted octanol–water partition coefficient (Wildman–Crippen LogP) is 3.27. The van der Waals surface area contributed by atoms with Crippen LogP contribution in [0.25, 0.3) is 17.3 Å². The van der Waals surface area contributed by atoms with Crippen LogP contribution in [0.4, 0.5) is 10.3 Å². The highest BCUT2D eigenvalue weighted by molar-refractivity contribution is 7.92. The molecule has 1 aromatic carbocycles. The summed E-state index contributed by atoms with van der Waals surface area (Å²) in [5, 5.41) is 9.89. The zero-order chi connectivity index (χ0) is 24.3. The number of ether oxygens (including phenoxy) is 1. The average Bonchev–Trinajstić information content (AvgIpc) is 2.71. The van der Waals surface area contributed by atoms with Crippen molar-refractivity contribution in [3.05, 3.63) is 47.4 Å². The summed E-state index contributed by atoms with van der Waals surface area (Å²) in [6.07, 6.45) is 3.28. The largest absolute Gasteiger partial charge is 0.458 e. The second-order valence-electron chi connectivity index (χ2n) is 8.24. The lowest BCUT2D eigenvalue weighted by molar-refractivity contribution is -0.156. The smallest absolute Gasteiger partial charge is 0.309 e. The zero-order valence-corrected chi connectivity index (χ0v) is 19.8. The number of nitrogens with zero attached hydrogens (tertiary/aromatic N) is 3. The second-order valence-corrected chi connectivity index (χ2v) is 10.1. The van der Waals surface area contributed by atoms with Gasteiger partial charge >= 0.3 is 5.97 Å². The fourth-order valence-electron chi connectivity index (χ4n) is 3.67. The van der Waals surface area contributed by atoms with Crippen molar-refractivity contribution < 1.29 is 27.4 Å². The number of carbonyl (C=O) groups is 1. The van der Waals surface area contributed by atoms with E-state index in [-0.39, 0.29) is 31.3 Å². The second kappa shape index (κ2) is 9.96. The summed E-state index contributed by atoms with van der Waals surface area (Å²) in [7, 11) is -3.63. The SMILES string of the molecule is CCN(c1nc(-c2ccc(F)cc2)c(/C=C/[C@@H]2C[C@@H](O)CC(=O)O2)c(C(C)C)n1)S(C)(=O)=O. The van der Waals surface area contributed by atoms with Crippen LogP contribution < -0.4 is 4.31 Å². The third kappa shape index (κ3) is 5.94. The maximum Gasteiger partial charge on any atom is 0.309 e. The lowest BCUT2D eigenvalue weighted by Crippen LogP contribution is -2.32. The fraction of sp³-hybridized carbons (Fsp3) is 0.435. The fourth-order valence-corrected chi connectivity index (χ4v) is 4.52. The molecule has 0 saturated carbocycles. The molecule has 0 bridgehead atoms. The van der Waals surface area contributed by atoms with Gasteiger partial charge in [-0.2, -0.15) is 0 Å². The van der Waals surface area contributed by atoms with E-state index in [9.17, 15) is 22.7 Å². The van der Waals surface area contributed by atoms with E-state index < -0.39 is 34.0 Å². The molecule has 1 aliphatic heterocycles. The molecule has 2 heterocycles. The molecule has 1 N–H and O–H groups in total. The molecule has 1 aliphatic rings. The van der Waals surface area contributed by atoms with Gasteiger partial charge in [0.05, 0.1) is 30.2 Å². The number of aliphatic hydroxyl groups excluding tert-OH is 1. The molecular formula is C23H28FN3O5S. The van der Waals surface area contributed by atoms with E-state index in [2.05, 4.69) is 9.97 Å². The van der Waals surface area contributed by atoms with Crippen molar-refractivity contribution >= 4 is 28.0 Å². The van der Waals surface area contributed by atoms with Crippen molar-refractivity contribution in [3.63, 3.8) is 0 Å². The lowest BCUT2D eigenvalue weighted by Gasteiger charge is -2.24. The number of halogens is 1. The van der Waals surface area contributed by atoms with Gasteiger partial charge in [-0.05, 0) is 43.2 Å². The first kappa shape index (κ1) is 24.8. The quantitative estimate of drug-likeness (QED) is 0.610. The number of hydrogen-bond acceptors (Lipinski definition) is 7. The number of carbonyl (C=O) groups excluding carboxylic acids is 1. The molecule has 1 fully saturated rings. The molecule has 178 valence electrons. The summed E-state index contributed by atoms with van der Waals surface area (Å²) in [5.41, 5.74) is 2.18. The van der Waals surface area contributed by atoms with E-state index in [1.165, 1.54) is 12.1 Å². The Labute approximate surface area is 193 Å². The number of cyclic esters (lactones) is 1. The molecule has 8 nitrogen and oxygen atoms in total. The van der Waals surface area contributed by atoms with Crippen molar-refractivity contribution in [2.45, 2.75) is 51.7 Å². The number of esters is 1. The third-order valence-electron chi connectivity index (χ3n) is 5.21. The third-order valence-corrected chi connectivity index (χ3v) is 6.43. The first-order chi connectivity index (χ1) is 15.5. The Morgan fingerprint density at radius 2 is 1.94 bits per heavy atom. The van der Waals surface area contributed by atoms with Crippen molar-refractivity contribution in [3.8, 4) is 11.3 Å². The van der Waals surface area contributed by atoms with Crippen LogP contribution in [0.2, 0.25) is 0 Å². The summed E-state index contributed by atoms with van der Waals surface area (Å²) in [5.74, 6) is -0.976. The Morgan fingerprint density at radius 1 is 1.27 bits per heavy atom. The number of aliphatic hydroxyl groups is 1. The van der Waals surface area contributed by atoms with Gasteiger partial charge in [0.2, 0.25) is 16.0 Å². The van der Waals surface area contributed by atoms with E-state index in [0.717, 1.165) is 10.6 Å². The minimum absolute atomic E-state index is 0.0275. The summed E-state index contributed by atoms with van der Waals surface area (Å²) in [4.78, 5) is 20.8. The van der Waals surface area contributed by atoms with Crippen molar-refractivity contribution in [2.24, 2.45) is 0 Å². The minimum atomic E-state index is -3.63. The molecule has 1 saturated heterocycles. The summed E-state index contributed by atoms with van der Waals surface area (Å²) < 4.78 is 44.6. The van der Waals surface area contributed by atoms with Gasteiger partial charge < -0.3 is 9.84 Å². The van der Waals surface area contributed by atoms with Gasteiger partial charge in [-0.1, -0.05) is 19.9 Å². The molecule has 1 aromatic heterocycles. The van der Waals surface area contributed by atoms with Gasteiger partial charge in [-0.25, -0.2) is 27.1 Å². The Bertz CT molecular complexity index is 1150. The van der Waals surface area contributed by atoms with Gasteiger partial charge in [0.1, 0.15) is 11.9 Å². The van der Waals surface area contributed by atoms with Crippen LogP contribution in [0.1, 0.15) is 50.8 Å². The highest BCUT2D eigenvalue weighted by Crippen LogP contribution is 2.32. The predicted molar refractivity (Wildman–Crippen MR) is 124 cm³/mol. The van der Waals surface area contributed by atoms with E-state index in [4.69, 9.17) is 4.74 Å². The van der Waals surface area contributed by atoms with Crippen molar-refractivity contribution in [1.82, 2.24) is 9.97 Å². The van der Waals surface area contributed by atoms with Crippen LogP contribution in [0, 0.1) is 5.82 Å². The average molecular weight is 478 g/mol. The maximum absolute atomic E-state index is 13.6. The number of aromatic nitrogens is 2. The number of anilines is 1. The Morgan fingerprint density at radius 3 is 2.48 bits per heavy atom. The van der Waals surface area contributed by atoms with Gasteiger partial charge in [0.25, 0.3) is 0 Å². The Kier molecular flexibility index (Phi) is 7.48. The Hall–Kier alpha value is -2.85.